The molecular weight excluding hydrogens is 332 g/mol. The Morgan fingerprint density at radius 3 is 2.52 bits per heavy atom. The molecule has 1 N–H and O–H groups in total. The summed E-state index contributed by atoms with van der Waals surface area (Å²) in [6.07, 6.45) is 0. The highest BCUT2D eigenvalue weighted by atomic mass is 79.9. The molecule has 0 amide bonds. The molecule has 118 valence electrons. The van der Waals surface area contributed by atoms with Crippen molar-refractivity contribution in [1.82, 2.24) is 10.2 Å². The summed E-state index contributed by atoms with van der Waals surface area (Å²) in [7, 11) is 5.55. The summed E-state index contributed by atoms with van der Waals surface area (Å²) in [6.45, 7) is 6.20. The molecule has 0 aromatic heterocycles. The minimum Gasteiger partial charge on any atom is -0.465 e. The van der Waals surface area contributed by atoms with Gasteiger partial charge in [0.25, 0.3) is 0 Å². The third-order valence-corrected chi connectivity index (χ3v) is 4.13. The van der Waals surface area contributed by atoms with Gasteiger partial charge in [-0.05, 0) is 37.7 Å². The minimum absolute atomic E-state index is 0.317. The first-order valence-electron chi connectivity index (χ1n) is 7.10. The number of halogens is 1. The van der Waals surface area contributed by atoms with Gasteiger partial charge in [-0.3, -0.25) is 0 Å². The molecule has 1 unspecified atom stereocenters. The van der Waals surface area contributed by atoms with Crippen molar-refractivity contribution in [2.75, 3.05) is 27.7 Å². The number of benzene rings is 1. The second-order valence-electron chi connectivity index (χ2n) is 5.79. The SMILES string of the molecule is COC(=O)c1ccc(CNC(CN(C)C)C(C)C)c(Br)c1. The third kappa shape index (κ3) is 5.77. The first-order valence-corrected chi connectivity index (χ1v) is 7.89. The van der Waals surface area contributed by atoms with Gasteiger partial charge in [-0.2, -0.15) is 0 Å². The number of carbonyl (C=O) groups excluding carboxylic acids is 1. The quantitative estimate of drug-likeness (QED) is 0.762. The van der Waals surface area contributed by atoms with Crippen LogP contribution >= 0.6 is 15.9 Å². The molecule has 0 aliphatic rings. The van der Waals surface area contributed by atoms with E-state index in [1.54, 1.807) is 12.1 Å². The van der Waals surface area contributed by atoms with Gasteiger partial charge in [0, 0.05) is 23.6 Å². The number of hydrogen-bond donors (Lipinski definition) is 1. The number of likely N-dealkylation sites (N-methyl/N-ethyl adjacent to an activating group) is 1. The number of nitrogens with one attached hydrogen (secondary N) is 1. The van der Waals surface area contributed by atoms with E-state index in [1.807, 2.05) is 6.07 Å². The van der Waals surface area contributed by atoms with E-state index in [0.29, 0.717) is 17.5 Å². The number of hydrogen-bond acceptors (Lipinski definition) is 4. The lowest BCUT2D eigenvalue weighted by Gasteiger charge is -2.26. The zero-order valence-electron chi connectivity index (χ0n) is 13.4. The largest absolute Gasteiger partial charge is 0.465 e. The van der Waals surface area contributed by atoms with Crippen LogP contribution in [-0.4, -0.2) is 44.7 Å². The zero-order valence-corrected chi connectivity index (χ0v) is 15.0. The van der Waals surface area contributed by atoms with Crippen LogP contribution in [0.4, 0.5) is 0 Å². The normalized spacial score (nSPS) is 12.8. The number of carbonyl (C=O) groups is 1. The molecule has 0 fully saturated rings. The van der Waals surface area contributed by atoms with Crippen molar-refractivity contribution in [1.29, 1.82) is 0 Å². The molecule has 5 heteroatoms. The number of methoxy groups -OCH3 is 1. The van der Waals surface area contributed by atoms with Crippen LogP contribution in [0.2, 0.25) is 0 Å². The zero-order chi connectivity index (χ0) is 16.0. The molecule has 0 aliphatic carbocycles. The van der Waals surface area contributed by atoms with Crippen LogP contribution in [0.3, 0.4) is 0 Å². The molecule has 1 atom stereocenters. The minimum atomic E-state index is -0.317. The van der Waals surface area contributed by atoms with Crippen molar-refractivity contribution >= 4 is 21.9 Å². The Labute approximate surface area is 136 Å². The summed E-state index contributed by atoms with van der Waals surface area (Å²) in [6, 6.07) is 5.98. The fourth-order valence-corrected chi connectivity index (χ4v) is 2.60. The summed E-state index contributed by atoms with van der Waals surface area (Å²) < 4.78 is 5.65. The topological polar surface area (TPSA) is 41.6 Å². The van der Waals surface area contributed by atoms with Crippen molar-refractivity contribution in [3.8, 4) is 0 Å². The summed E-state index contributed by atoms with van der Waals surface area (Å²) >= 11 is 3.52. The average molecular weight is 357 g/mol. The van der Waals surface area contributed by atoms with E-state index >= 15 is 0 Å². The van der Waals surface area contributed by atoms with E-state index in [-0.39, 0.29) is 5.97 Å². The van der Waals surface area contributed by atoms with Crippen LogP contribution in [0.5, 0.6) is 0 Å². The van der Waals surface area contributed by atoms with Gasteiger partial charge in [-0.25, -0.2) is 4.79 Å². The Morgan fingerprint density at radius 2 is 2.05 bits per heavy atom. The van der Waals surface area contributed by atoms with Crippen molar-refractivity contribution in [2.45, 2.75) is 26.4 Å². The second kappa shape index (κ2) is 8.51. The van der Waals surface area contributed by atoms with Crippen molar-refractivity contribution in [2.24, 2.45) is 5.92 Å². The Balaban J connectivity index is 2.72. The van der Waals surface area contributed by atoms with Gasteiger partial charge in [0.2, 0.25) is 0 Å². The Hall–Kier alpha value is -0.910. The smallest absolute Gasteiger partial charge is 0.337 e. The average Bonchev–Trinajstić information content (AvgIpc) is 2.42. The summed E-state index contributed by atoms with van der Waals surface area (Å²) in [5.74, 6) is 0.239. The van der Waals surface area contributed by atoms with E-state index in [1.165, 1.54) is 7.11 Å². The molecule has 0 heterocycles. The van der Waals surface area contributed by atoms with Gasteiger partial charge in [0.15, 0.2) is 0 Å². The van der Waals surface area contributed by atoms with Crippen LogP contribution in [0.15, 0.2) is 22.7 Å². The van der Waals surface area contributed by atoms with Gasteiger partial charge in [0.1, 0.15) is 0 Å². The van der Waals surface area contributed by atoms with Crippen molar-refractivity contribution < 1.29 is 9.53 Å². The number of ether oxygens (including phenoxy) is 1. The molecule has 0 saturated heterocycles. The maximum absolute atomic E-state index is 11.5. The lowest BCUT2D eigenvalue weighted by Crippen LogP contribution is -2.41. The molecule has 4 nitrogen and oxygen atoms in total. The Bertz CT molecular complexity index is 475. The van der Waals surface area contributed by atoms with Crippen LogP contribution < -0.4 is 5.32 Å². The van der Waals surface area contributed by atoms with E-state index in [0.717, 1.165) is 23.1 Å². The molecular formula is C16H25BrN2O2. The van der Waals surface area contributed by atoms with Crippen molar-refractivity contribution in [3.05, 3.63) is 33.8 Å². The van der Waals surface area contributed by atoms with Gasteiger partial charge < -0.3 is 15.0 Å². The molecule has 0 spiro atoms. The predicted octanol–water partition coefficient (Wildman–Crippen LogP) is 2.91. The lowest BCUT2D eigenvalue weighted by atomic mass is 10.0. The van der Waals surface area contributed by atoms with Crippen LogP contribution in [0, 0.1) is 5.92 Å². The fraction of sp³-hybridized carbons (Fsp3) is 0.562. The molecule has 0 radical (unpaired) electrons. The van der Waals surface area contributed by atoms with Gasteiger partial charge in [-0.1, -0.05) is 35.8 Å². The maximum Gasteiger partial charge on any atom is 0.337 e. The van der Waals surface area contributed by atoms with E-state index < -0.39 is 0 Å². The van der Waals surface area contributed by atoms with Crippen LogP contribution in [-0.2, 0) is 11.3 Å². The third-order valence-electron chi connectivity index (χ3n) is 3.40. The highest BCUT2D eigenvalue weighted by Crippen LogP contribution is 2.19. The molecule has 1 aromatic carbocycles. The molecule has 1 rings (SSSR count). The van der Waals surface area contributed by atoms with Gasteiger partial charge in [-0.15, -0.1) is 0 Å². The molecule has 21 heavy (non-hydrogen) atoms. The molecule has 0 saturated carbocycles. The number of nitrogens with zero attached hydrogens (tertiary/aromatic N) is 1. The van der Waals surface area contributed by atoms with Crippen LogP contribution in [0.1, 0.15) is 29.8 Å². The maximum atomic E-state index is 11.5. The number of rotatable bonds is 7. The number of esters is 1. The Morgan fingerprint density at radius 1 is 1.38 bits per heavy atom. The predicted molar refractivity (Wildman–Crippen MR) is 89.5 cm³/mol. The monoisotopic (exact) mass is 356 g/mol. The van der Waals surface area contributed by atoms with Gasteiger partial charge in [0.05, 0.1) is 12.7 Å². The van der Waals surface area contributed by atoms with Crippen LogP contribution in [0.25, 0.3) is 0 Å². The molecule has 1 aromatic rings. The molecule has 0 aliphatic heterocycles. The van der Waals surface area contributed by atoms with E-state index in [4.69, 9.17) is 4.74 Å². The standard InChI is InChI=1S/C16H25BrN2O2/c1-11(2)15(10-19(3)4)18-9-13-7-6-12(8-14(13)17)16(20)21-5/h6-8,11,15,18H,9-10H2,1-5H3. The van der Waals surface area contributed by atoms with E-state index in [2.05, 4.69) is 54.1 Å². The lowest BCUT2D eigenvalue weighted by molar-refractivity contribution is 0.0600. The second-order valence-corrected chi connectivity index (χ2v) is 6.65. The fourth-order valence-electron chi connectivity index (χ4n) is 2.08. The highest BCUT2D eigenvalue weighted by Gasteiger charge is 2.15. The first kappa shape index (κ1) is 18.1. The van der Waals surface area contributed by atoms with Crippen molar-refractivity contribution in [3.63, 3.8) is 0 Å². The first-order chi connectivity index (χ1) is 9.85. The van der Waals surface area contributed by atoms with Gasteiger partial charge >= 0.3 is 5.97 Å². The highest BCUT2D eigenvalue weighted by molar-refractivity contribution is 9.10. The summed E-state index contributed by atoms with van der Waals surface area (Å²) in [4.78, 5) is 13.7. The van der Waals surface area contributed by atoms with E-state index in [9.17, 15) is 4.79 Å². The Kier molecular flexibility index (Phi) is 7.35. The molecule has 0 bridgehead atoms. The summed E-state index contributed by atoms with van der Waals surface area (Å²) in [5, 5.41) is 3.58. The summed E-state index contributed by atoms with van der Waals surface area (Å²) in [5.41, 5.74) is 1.69.